The van der Waals surface area contributed by atoms with Crippen LogP contribution in [0.5, 0.6) is 5.75 Å². The molecule has 1 aliphatic rings. The molecule has 0 radical (unpaired) electrons. The normalized spacial score (nSPS) is 17.3. The third-order valence-electron chi connectivity index (χ3n) is 5.80. The maximum Gasteiger partial charge on any atom is 0.230 e. The SMILES string of the molecule is Cc1cc(C)c2c(c1)C(=O)C(=O)C(c1cc(C(C)(C)C)c(O)c(C(C)(C)C)c1)C2=O. The number of ketones is 3. The Morgan fingerprint density at radius 1 is 0.767 bits per heavy atom. The van der Waals surface area contributed by atoms with Gasteiger partial charge in [0.1, 0.15) is 11.7 Å². The Morgan fingerprint density at radius 3 is 1.73 bits per heavy atom. The summed E-state index contributed by atoms with van der Waals surface area (Å²) in [5, 5.41) is 11.0. The second-order valence-corrected chi connectivity index (χ2v) is 10.5. The average molecular weight is 407 g/mol. The highest BCUT2D eigenvalue weighted by Gasteiger charge is 2.43. The Kier molecular flexibility index (Phi) is 5.05. The first kappa shape index (κ1) is 21.9. The number of hydrogen-bond acceptors (Lipinski definition) is 4. The summed E-state index contributed by atoms with van der Waals surface area (Å²) in [6.07, 6.45) is 0. The van der Waals surface area contributed by atoms with Gasteiger partial charge >= 0.3 is 0 Å². The van der Waals surface area contributed by atoms with E-state index in [1.54, 1.807) is 25.1 Å². The van der Waals surface area contributed by atoms with Crippen molar-refractivity contribution >= 4 is 17.3 Å². The van der Waals surface area contributed by atoms with Crippen LogP contribution >= 0.6 is 0 Å². The molecule has 1 N–H and O–H groups in total. The van der Waals surface area contributed by atoms with Crippen LogP contribution in [-0.4, -0.2) is 22.5 Å². The van der Waals surface area contributed by atoms with E-state index >= 15 is 0 Å². The Labute approximate surface area is 178 Å². The van der Waals surface area contributed by atoms with Crippen molar-refractivity contribution in [3.63, 3.8) is 0 Å². The van der Waals surface area contributed by atoms with Crippen molar-refractivity contribution in [3.05, 3.63) is 63.2 Å². The molecule has 0 saturated carbocycles. The molecular weight excluding hydrogens is 376 g/mol. The molecule has 30 heavy (non-hydrogen) atoms. The minimum Gasteiger partial charge on any atom is -0.507 e. The van der Waals surface area contributed by atoms with Crippen LogP contribution in [0.2, 0.25) is 0 Å². The lowest BCUT2D eigenvalue weighted by molar-refractivity contribution is -0.115. The molecular formula is C26H30O4. The molecule has 2 aromatic rings. The third-order valence-corrected chi connectivity index (χ3v) is 5.80. The van der Waals surface area contributed by atoms with Crippen LogP contribution < -0.4 is 0 Å². The zero-order valence-corrected chi connectivity index (χ0v) is 19.1. The molecule has 0 aromatic heterocycles. The largest absolute Gasteiger partial charge is 0.507 e. The van der Waals surface area contributed by atoms with Crippen LogP contribution in [0.1, 0.15) is 96.0 Å². The predicted octanol–water partition coefficient (Wildman–Crippen LogP) is 5.34. The predicted molar refractivity (Wildman–Crippen MR) is 118 cm³/mol. The number of aromatic hydroxyl groups is 1. The van der Waals surface area contributed by atoms with Crippen LogP contribution in [0.4, 0.5) is 0 Å². The van der Waals surface area contributed by atoms with Gasteiger partial charge in [-0.05, 0) is 53.0 Å². The lowest BCUT2D eigenvalue weighted by Crippen LogP contribution is -2.36. The molecule has 0 heterocycles. The van der Waals surface area contributed by atoms with Gasteiger partial charge in [0.25, 0.3) is 0 Å². The molecule has 4 nitrogen and oxygen atoms in total. The number of rotatable bonds is 1. The number of benzene rings is 2. The first-order chi connectivity index (χ1) is 13.6. The second kappa shape index (κ2) is 6.90. The summed E-state index contributed by atoms with van der Waals surface area (Å²) in [5.41, 5.74) is 3.04. The third kappa shape index (κ3) is 3.49. The smallest absolute Gasteiger partial charge is 0.230 e. The molecule has 0 saturated heterocycles. The fourth-order valence-electron chi connectivity index (χ4n) is 4.27. The molecule has 0 amide bonds. The zero-order chi connectivity index (χ0) is 22.8. The van der Waals surface area contributed by atoms with E-state index in [-0.39, 0.29) is 17.1 Å². The van der Waals surface area contributed by atoms with Gasteiger partial charge in [0, 0.05) is 11.1 Å². The molecule has 0 spiro atoms. The average Bonchev–Trinajstić information content (AvgIpc) is 2.58. The highest BCUT2D eigenvalue weighted by atomic mass is 16.3. The quantitative estimate of drug-likeness (QED) is 0.513. The van der Waals surface area contributed by atoms with E-state index in [0.717, 1.165) is 5.56 Å². The highest BCUT2D eigenvalue weighted by molar-refractivity contribution is 6.53. The Hall–Kier alpha value is -2.75. The van der Waals surface area contributed by atoms with Gasteiger partial charge in [-0.15, -0.1) is 0 Å². The van der Waals surface area contributed by atoms with Gasteiger partial charge in [0.15, 0.2) is 5.78 Å². The summed E-state index contributed by atoms with van der Waals surface area (Å²) < 4.78 is 0. The summed E-state index contributed by atoms with van der Waals surface area (Å²) >= 11 is 0. The molecule has 0 aliphatic heterocycles. The molecule has 1 unspecified atom stereocenters. The summed E-state index contributed by atoms with van der Waals surface area (Å²) in [6.45, 7) is 15.4. The molecule has 2 aromatic carbocycles. The number of phenols is 1. The molecule has 0 fully saturated rings. The van der Waals surface area contributed by atoms with Gasteiger partial charge in [0.2, 0.25) is 11.6 Å². The number of hydrogen-bond donors (Lipinski definition) is 1. The first-order valence-electron chi connectivity index (χ1n) is 10.3. The summed E-state index contributed by atoms with van der Waals surface area (Å²) in [5.74, 6) is -2.69. The standard InChI is InChI=1S/C26H30O4/c1-13-9-14(2)19-16(10-13)21(27)24(30)20(23(19)29)15-11-17(25(3,4)5)22(28)18(12-15)26(6,7)8/h9-12,20,28H,1-8H3. The first-order valence-corrected chi connectivity index (χ1v) is 10.3. The Balaban J connectivity index is 2.31. The summed E-state index contributed by atoms with van der Waals surface area (Å²) in [7, 11) is 0. The molecule has 1 atom stereocenters. The van der Waals surface area contributed by atoms with E-state index in [2.05, 4.69) is 0 Å². The number of Topliss-reactive ketones (excluding diaryl/α,β-unsaturated/α-hetero) is 3. The van der Waals surface area contributed by atoms with Crippen LogP contribution in [-0.2, 0) is 15.6 Å². The number of fused-ring (bicyclic) bond motifs is 1. The van der Waals surface area contributed by atoms with Crippen molar-refractivity contribution in [1.82, 2.24) is 0 Å². The molecule has 4 heteroatoms. The molecule has 3 rings (SSSR count). The van der Waals surface area contributed by atoms with Gasteiger partial charge in [0.05, 0.1) is 0 Å². The fraction of sp³-hybridized carbons (Fsp3) is 0.423. The Bertz CT molecular complexity index is 1060. The van der Waals surface area contributed by atoms with Crippen molar-refractivity contribution in [3.8, 4) is 5.75 Å². The minimum absolute atomic E-state index is 0.174. The van der Waals surface area contributed by atoms with Crippen molar-refractivity contribution in [1.29, 1.82) is 0 Å². The van der Waals surface area contributed by atoms with Crippen molar-refractivity contribution in [2.75, 3.05) is 0 Å². The van der Waals surface area contributed by atoms with Crippen molar-refractivity contribution in [2.45, 2.75) is 72.1 Å². The van der Waals surface area contributed by atoms with Crippen molar-refractivity contribution in [2.24, 2.45) is 0 Å². The summed E-state index contributed by atoms with van der Waals surface area (Å²) in [4.78, 5) is 39.5. The Morgan fingerprint density at radius 2 is 1.27 bits per heavy atom. The number of aryl methyl sites for hydroxylation is 2. The van der Waals surface area contributed by atoms with Crippen LogP contribution in [0, 0.1) is 13.8 Å². The van der Waals surface area contributed by atoms with Gasteiger partial charge in [-0.3, -0.25) is 14.4 Å². The maximum atomic E-state index is 13.5. The van der Waals surface area contributed by atoms with E-state index in [1.807, 2.05) is 54.5 Å². The van der Waals surface area contributed by atoms with E-state index in [1.165, 1.54) is 0 Å². The summed E-state index contributed by atoms with van der Waals surface area (Å²) in [6, 6.07) is 6.91. The van der Waals surface area contributed by atoms with Gasteiger partial charge < -0.3 is 5.11 Å². The number of carbonyl (C=O) groups is 3. The minimum atomic E-state index is -1.19. The van der Waals surface area contributed by atoms with Crippen molar-refractivity contribution < 1.29 is 19.5 Å². The maximum absolute atomic E-state index is 13.5. The highest BCUT2D eigenvalue weighted by Crippen LogP contribution is 2.43. The van der Waals surface area contributed by atoms with E-state index in [4.69, 9.17) is 0 Å². The number of phenolic OH excluding ortho intramolecular Hbond substituents is 1. The fourth-order valence-corrected chi connectivity index (χ4v) is 4.27. The monoisotopic (exact) mass is 406 g/mol. The topological polar surface area (TPSA) is 71.4 Å². The van der Waals surface area contributed by atoms with E-state index in [0.29, 0.717) is 27.8 Å². The van der Waals surface area contributed by atoms with Crippen LogP contribution in [0.3, 0.4) is 0 Å². The van der Waals surface area contributed by atoms with Gasteiger partial charge in [-0.1, -0.05) is 65.3 Å². The van der Waals surface area contributed by atoms with E-state index < -0.39 is 28.3 Å². The number of carbonyl (C=O) groups excluding carboxylic acids is 3. The second-order valence-electron chi connectivity index (χ2n) is 10.5. The van der Waals surface area contributed by atoms with Gasteiger partial charge in [-0.2, -0.15) is 0 Å². The van der Waals surface area contributed by atoms with Gasteiger partial charge in [-0.25, -0.2) is 0 Å². The molecule has 1 aliphatic carbocycles. The van der Waals surface area contributed by atoms with E-state index in [9.17, 15) is 19.5 Å². The lowest BCUT2D eigenvalue weighted by Gasteiger charge is -2.30. The molecule has 0 bridgehead atoms. The zero-order valence-electron chi connectivity index (χ0n) is 19.1. The van der Waals surface area contributed by atoms with Crippen LogP contribution in [0.25, 0.3) is 0 Å². The van der Waals surface area contributed by atoms with Crippen LogP contribution in [0.15, 0.2) is 24.3 Å². The molecule has 158 valence electrons. The lowest BCUT2D eigenvalue weighted by atomic mass is 9.72.